The van der Waals surface area contributed by atoms with Crippen molar-refractivity contribution in [1.29, 1.82) is 0 Å². The lowest BCUT2D eigenvalue weighted by atomic mass is 9.99. The maximum absolute atomic E-state index is 2.34. The summed E-state index contributed by atoms with van der Waals surface area (Å²) in [7, 11) is 0. The van der Waals surface area contributed by atoms with Gasteiger partial charge >= 0.3 is 0 Å². The van der Waals surface area contributed by atoms with Crippen LogP contribution in [0.25, 0.3) is 42.4 Å². The van der Waals surface area contributed by atoms with Crippen molar-refractivity contribution in [1.82, 2.24) is 0 Å². The van der Waals surface area contributed by atoms with Gasteiger partial charge in [-0.3, -0.25) is 0 Å². The van der Waals surface area contributed by atoms with E-state index in [1.54, 1.807) is 0 Å². The molecule has 0 aliphatic rings. The van der Waals surface area contributed by atoms with Crippen molar-refractivity contribution in [2.45, 2.75) is 13.8 Å². The van der Waals surface area contributed by atoms with Crippen molar-refractivity contribution >= 4 is 31.5 Å². The van der Waals surface area contributed by atoms with Crippen molar-refractivity contribution < 1.29 is 0 Å². The van der Waals surface area contributed by atoms with Crippen LogP contribution in [0.4, 0.5) is 0 Å². The minimum Gasteiger partial charge on any atom is -0.135 e. The average Bonchev–Trinajstić information content (AvgIpc) is 3.06. The van der Waals surface area contributed by atoms with Crippen molar-refractivity contribution in [3.05, 3.63) is 96.1 Å². The van der Waals surface area contributed by atoms with Crippen LogP contribution in [0.1, 0.15) is 11.1 Å². The molecule has 1 aromatic heterocycles. The van der Waals surface area contributed by atoms with Gasteiger partial charge in [0.25, 0.3) is 0 Å². The molecule has 1 heteroatoms. The normalized spacial score (nSPS) is 11.3. The Bertz CT molecular complexity index is 1160. The summed E-state index contributed by atoms with van der Waals surface area (Å²) in [5.74, 6) is 0. The first-order valence-electron chi connectivity index (χ1n) is 9.28. The van der Waals surface area contributed by atoms with E-state index in [1.807, 2.05) is 11.3 Å². The Morgan fingerprint density at radius 2 is 0.815 bits per heavy atom. The molecular weight excluding hydrogens is 344 g/mol. The summed E-state index contributed by atoms with van der Waals surface area (Å²) in [6.45, 7) is 4.26. The van der Waals surface area contributed by atoms with Gasteiger partial charge in [-0.15, -0.1) is 11.3 Å². The van der Waals surface area contributed by atoms with E-state index < -0.39 is 0 Å². The molecule has 0 N–H and O–H groups in total. The Hall–Kier alpha value is -2.90. The van der Waals surface area contributed by atoms with Crippen LogP contribution in [0.3, 0.4) is 0 Å². The molecule has 0 saturated carbocycles. The van der Waals surface area contributed by atoms with Crippen molar-refractivity contribution in [3.8, 4) is 22.3 Å². The van der Waals surface area contributed by atoms with Crippen molar-refractivity contribution in [2.24, 2.45) is 0 Å². The molecule has 5 aromatic rings. The van der Waals surface area contributed by atoms with E-state index in [1.165, 1.54) is 53.6 Å². The minimum atomic E-state index is 1.27. The van der Waals surface area contributed by atoms with Gasteiger partial charge in [0.2, 0.25) is 0 Å². The van der Waals surface area contributed by atoms with Gasteiger partial charge in [-0.25, -0.2) is 0 Å². The molecule has 4 aromatic carbocycles. The number of thiophene rings is 1. The lowest BCUT2D eigenvalue weighted by Crippen LogP contribution is -1.80. The molecule has 0 radical (unpaired) electrons. The summed E-state index contributed by atoms with van der Waals surface area (Å²) in [5, 5.41) is 2.70. The SMILES string of the molecule is Cc1ccc(-c2ccc3sc4ccc(-c5ccc(C)cc5)cc4c3c2)cc1. The second-order valence-electron chi connectivity index (χ2n) is 7.26. The molecule has 5 rings (SSSR count). The molecule has 0 aliphatic heterocycles. The van der Waals surface area contributed by atoms with Gasteiger partial charge < -0.3 is 0 Å². The van der Waals surface area contributed by atoms with Crippen LogP contribution in [-0.2, 0) is 0 Å². The highest BCUT2D eigenvalue weighted by molar-refractivity contribution is 7.25. The number of fused-ring (bicyclic) bond motifs is 3. The number of aryl methyl sites for hydroxylation is 2. The van der Waals surface area contributed by atoms with Gasteiger partial charge in [-0.1, -0.05) is 71.8 Å². The van der Waals surface area contributed by atoms with E-state index in [9.17, 15) is 0 Å². The predicted octanol–water partition coefficient (Wildman–Crippen LogP) is 8.01. The third-order valence-electron chi connectivity index (χ3n) is 5.24. The first-order valence-corrected chi connectivity index (χ1v) is 10.1. The summed E-state index contributed by atoms with van der Waals surface area (Å²) in [6, 6.07) is 31.3. The predicted molar refractivity (Wildman–Crippen MR) is 120 cm³/mol. The third kappa shape index (κ3) is 2.94. The van der Waals surface area contributed by atoms with Crippen LogP contribution >= 0.6 is 11.3 Å². The van der Waals surface area contributed by atoms with E-state index in [-0.39, 0.29) is 0 Å². The molecule has 0 fully saturated rings. The largest absolute Gasteiger partial charge is 0.135 e. The molecule has 0 amide bonds. The molecule has 130 valence electrons. The quantitative estimate of drug-likeness (QED) is 0.297. The number of hydrogen-bond donors (Lipinski definition) is 0. The van der Waals surface area contributed by atoms with Crippen LogP contribution in [0.5, 0.6) is 0 Å². The van der Waals surface area contributed by atoms with E-state index in [2.05, 4.69) is 98.8 Å². The molecule has 1 heterocycles. The third-order valence-corrected chi connectivity index (χ3v) is 6.39. The monoisotopic (exact) mass is 364 g/mol. The average molecular weight is 365 g/mol. The topological polar surface area (TPSA) is 0 Å². The maximum Gasteiger partial charge on any atom is 0.0355 e. The van der Waals surface area contributed by atoms with E-state index in [0.717, 1.165) is 0 Å². The Labute approximate surface area is 163 Å². The van der Waals surface area contributed by atoms with Crippen molar-refractivity contribution in [3.63, 3.8) is 0 Å². The Morgan fingerprint density at radius 1 is 0.444 bits per heavy atom. The van der Waals surface area contributed by atoms with Gasteiger partial charge in [-0.05, 0) is 60.4 Å². The molecule has 0 bridgehead atoms. The summed E-state index contributed by atoms with van der Waals surface area (Å²) < 4.78 is 2.70. The minimum absolute atomic E-state index is 1.27. The smallest absolute Gasteiger partial charge is 0.0355 e. The second kappa shape index (κ2) is 6.37. The Morgan fingerprint density at radius 3 is 1.22 bits per heavy atom. The highest BCUT2D eigenvalue weighted by atomic mass is 32.1. The van der Waals surface area contributed by atoms with Crippen molar-refractivity contribution in [2.75, 3.05) is 0 Å². The van der Waals surface area contributed by atoms with Gasteiger partial charge in [0.05, 0.1) is 0 Å². The fraction of sp³-hybridized carbons (Fsp3) is 0.0769. The molecule has 0 spiro atoms. The highest BCUT2D eigenvalue weighted by Crippen LogP contribution is 2.38. The molecular formula is C26H20S. The lowest BCUT2D eigenvalue weighted by molar-refractivity contribution is 1.47. The number of rotatable bonds is 2. The zero-order chi connectivity index (χ0) is 18.4. The summed E-state index contributed by atoms with van der Waals surface area (Å²) >= 11 is 1.87. The summed E-state index contributed by atoms with van der Waals surface area (Å²) in [5.41, 5.74) is 7.70. The Kier molecular flexibility index (Phi) is 3.84. The van der Waals surface area contributed by atoms with Crippen LogP contribution < -0.4 is 0 Å². The van der Waals surface area contributed by atoms with Gasteiger partial charge in [-0.2, -0.15) is 0 Å². The fourth-order valence-corrected chi connectivity index (χ4v) is 4.70. The molecule has 0 nitrogen and oxygen atoms in total. The molecule has 0 aliphatic carbocycles. The van der Waals surface area contributed by atoms with Crippen LogP contribution in [0.2, 0.25) is 0 Å². The van der Waals surface area contributed by atoms with E-state index in [4.69, 9.17) is 0 Å². The van der Waals surface area contributed by atoms with Crippen LogP contribution in [0, 0.1) is 13.8 Å². The van der Waals surface area contributed by atoms with E-state index >= 15 is 0 Å². The Balaban J connectivity index is 1.68. The number of hydrogen-bond acceptors (Lipinski definition) is 1. The molecule has 0 unspecified atom stereocenters. The van der Waals surface area contributed by atoms with E-state index in [0.29, 0.717) is 0 Å². The first-order chi connectivity index (χ1) is 13.2. The summed E-state index contributed by atoms with van der Waals surface area (Å²) in [6.07, 6.45) is 0. The molecule has 27 heavy (non-hydrogen) atoms. The first kappa shape index (κ1) is 16.3. The van der Waals surface area contributed by atoms with Gasteiger partial charge in [0, 0.05) is 20.2 Å². The molecule has 0 saturated heterocycles. The summed E-state index contributed by atoms with van der Waals surface area (Å²) in [4.78, 5) is 0. The van der Waals surface area contributed by atoms with Gasteiger partial charge in [0.1, 0.15) is 0 Å². The fourth-order valence-electron chi connectivity index (χ4n) is 3.63. The lowest BCUT2D eigenvalue weighted by Gasteiger charge is -2.05. The van der Waals surface area contributed by atoms with Crippen LogP contribution in [-0.4, -0.2) is 0 Å². The van der Waals surface area contributed by atoms with Crippen LogP contribution in [0.15, 0.2) is 84.9 Å². The zero-order valence-corrected chi connectivity index (χ0v) is 16.3. The second-order valence-corrected chi connectivity index (χ2v) is 8.34. The standard InChI is InChI=1S/C26H20S/c1-17-3-7-19(8-4-17)21-11-13-25-23(15-21)24-16-22(12-14-26(24)27-25)20-9-5-18(2)6-10-20/h3-16H,1-2H3. The highest BCUT2D eigenvalue weighted by Gasteiger charge is 2.09. The zero-order valence-electron chi connectivity index (χ0n) is 15.5. The molecule has 0 atom stereocenters. The van der Waals surface area contributed by atoms with Gasteiger partial charge in [0.15, 0.2) is 0 Å². The maximum atomic E-state index is 2.34. The number of benzene rings is 4.